The van der Waals surface area contributed by atoms with Crippen molar-refractivity contribution in [1.29, 1.82) is 0 Å². The quantitative estimate of drug-likeness (QED) is 0.653. The van der Waals surface area contributed by atoms with Crippen molar-refractivity contribution in [2.75, 3.05) is 0 Å². The van der Waals surface area contributed by atoms with E-state index in [1.807, 2.05) is 13.8 Å². The van der Waals surface area contributed by atoms with Gasteiger partial charge in [-0.15, -0.1) is 0 Å². The smallest absolute Gasteiger partial charge is 0.197 e. The summed E-state index contributed by atoms with van der Waals surface area (Å²) >= 11 is 0. The van der Waals surface area contributed by atoms with E-state index >= 15 is 0 Å². The maximum Gasteiger partial charge on any atom is 0.197 e. The molecule has 1 rings (SSSR count). The van der Waals surface area contributed by atoms with Crippen molar-refractivity contribution in [2.45, 2.75) is 40.0 Å². The average Bonchev–Trinajstić information content (AvgIpc) is 2.31. The van der Waals surface area contributed by atoms with Crippen molar-refractivity contribution < 1.29 is 4.42 Å². The second-order valence-corrected chi connectivity index (χ2v) is 3.00. The van der Waals surface area contributed by atoms with E-state index in [-0.39, 0.29) is 0 Å². The first-order chi connectivity index (χ1) is 5.15. The number of rotatable bonds is 2. The van der Waals surface area contributed by atoms with Gasteiger partial charge in [0.2, 0.25) is 0 Å². The zero-order valence-electron chi connectivity index (χ0n) is 7.64. The number of oxazole rings is 1. The Morgan fingerprint density at radius 3 is 2.45 bits per heavy atom. The SMILES string of the molecule is CCC(C)c1nc(C)c(C)o1. The highest BCUT2D eigenvalue weighted by molar-refractivity contribution is 5.07. The molecular weight excluding hydrogens is 138 g/mol. The number of aryl methyl sites for hydroxylation is 2. The molecule has 0 aliphatic heterocycles. The molecule has 0 aliphatic rings. The van der Waals surface area contributed by atoms with E-state index in [1.54, 1.807) is 0 Å². The number of aromatic nitrogens is 1. The Balaban J connectivity index is 2.88. The Labute approximate surface area is 67.6 Å². The molecule has 1 atom stereocenters. The normalized spacial score (nSPS) is 13.5. The Kier molecular flexibility index (Phi) is 2.32. The lowest BCUT2D eigenvalue weighted by Crippen LogP contribution is -1.90. The second-order valence-electron chi connectivity index (χ2n) is 3.00. The van der Waals surface area contributed by atoms with Gasteiger partial charge in [-0.2, -0.15) is 0 Å². The summed E-state index contributed by atoms with van der Waals surface area (Å²) in [4.78, 5) is 4.31. The molecule has 0 bridgehead atoms. The van der Waals surface area contributed by atoms with E-state index in [2.05, 4.69) is 18.8 Å². The minimum Gasteiger partial charge on any atom is -0.445 e. The van der Waals surface area contributed by atoms with Crippen LogP contribution >= 0.6 is 0 Å². The molecule has 2 heteroatoms. The van der Waals surface area contributed by atoms with Crippen LogP contribution in [-0.2, 0) is 0 Å². The molecule has 2 nitrogen and oxygen atoms in total. The summed E-state index contributed by atoms with van der Waals surface area (Å²) in [5.41, 5.74) is 1.01. The Morgan fingerprint density at radius 1 is 1.45 bits per heavy atom. The van der Waals surface area contributed by atoms with Crippen LogP contribution in [0.1, 0.15) is 43.5 Å². The third-order valence-corrected chi connectivity index (χ3v) is 2.08. The topological polar surface area (TPSA) is 26.0 Å². The third-order valence-electron chi connectivity index (χ3n) is 2.08. The molecule has 0 radical (unpaired) electrons. The Hall–Kier alpha value is -0.790. The fourth-order valence-electron chi connectivity index (χ4n) is 0.883. The number of nitrogens with zero attached hydrogens (tertiary/aromatic N) is 1. The molecule has 0 spiro atoms. The second kappa shape index (κ2) is 3.07. The summed E-state index contributed by atoms with van der Waals surface area (Å²) < 4.78 is 5.46. The predicted octanol–water partition coefficient (Wildman–Crippen LogP) is 2.80. The van der Waals surface area contributed by atoms with Gasteiger partial charge in [0.05, 0.1) is 5.69 Å². The summed E-state index contributed by atoms with van der Waals surface area (Å²) in [7, 11) is 0. The highest BCUT2D eigenvalue weighted by Crippen LogP contribution is 2.19. The minimum atomic E-state index is 0.447. The van der Waals surface area contributed by atoms with Gasteiger partial charge in [0.25, 0.3) is 0 Å². The minimum absolute atomic E-state index is 0.447. The first kappa shape index (κ1) is 8.31. The molecule has 62 valence electrons. The molecule has 1 heterocycles. The monoisotopic (exact) mass is 153 g/mol. The van der Waals surface area contributed by atoms with Crippen molar-refractivity contribution in [2.24, 2.45) is 0 Å². The van der Waals surface area contributed by atoms with E-state index in [9.17, 15) is 0 Å². The molecule has 1 aromatic rings. The fraction of sp³-hybridized carbons (Fsp3) is 0.667. The number of hydrogen-bond acceptors (Lipinski definition) is 2. The van der Waals surface area contributed by atoms with Gasteiger partial charge in [-0.05, 0) is 20.3 Å². The maximum atomic E-state index is 5.46. The van der Waals surface area contributed by atoms with E-state index in [4.69, 9.17) is 4.42 Å². The van der Waals surface area contributed by atoms with E-state index in [0.717, 1.165) is 23.8 Å². The summed E-state index contributed by atoms with van der Waals surface area (Å²) in [6, 6.07) is 0. The van der Waals surface area contributed by atoms with Crippen LogP contribution in [0.15, 0.2) is 4.42 Å². The zero-order valence-corrected chi connectivity index (χ0v) is 7.64. The third kappa shape index (κ3) is 1.62. The van der Waals surface area contributed by atoms with Gasteiger partial charge in [0.1, 0.15) is 5.76 Å². The molecular formula is C9H15NO. The highest BCUT2D eigenvalue weighted by Gasteiger charge is 2.10. The fourth-order valence-corrected chi connectivity index (χ4v) is 0.883. The summed E-state index contributed by atoms with van der Waals surface area (Å²) in [5, 5.41) is 0. The zero-order chi connectivity index (χ0) is 8.43. The Bertz CT molecular complexity index is 220. The van der Waals surface area contributed by atoms with Crippen molar-refractivity contribution in [3.8, 4) is 0 Å². The van der Waals surface area contributed by atoms with Crippen LogP contribution in [0.2, 0.25) is 0 Å². The van der Waals surface area contributed by atoms with Crippen LogP contribution < -0.4 is 0 Å². The van der Waals surface area contributed by atoms with Crippen LogP contribution in [0, 0.1) is 13.8 Å². The molecule has 1 aromatic heterocycles. The molecule has 1 unspecified atom stereocenters. The van der Waals surface area contributed by atoms with Gasteiger partial charge >= 0.3 is 0 Å². The first-order valence-electron chi connectivity index (χ1n) is 4.09. The molecule has 0 saturated carbocycles. The standard InChI is InChI=1S/C9H15NO/c1-5-6(2)9-10-7(3)8(4)11-9/h6H,5H2,1-4H3. The van der Waals surface area contributed by atoms with Crippen LogP contribution in [0.25, 0.3) is 0 Å². The average molecular weight is 153 g/mol. The molecule has 0 saturated heterocycles. The van der Waals surface area contributed by atoms with Crippen molar-refractivity contribution in [3.05, 3.63) is 17.3 Å². The number of hydrogen-bond donors (Lipinski definition) is 0. The maximum absolute atomic E-state index is 5.46. The molecule has 0 aliphatic carbocycles. The van der Waals surface area contributed by atoms with Gasteiger partial charge < -0.3 is 4.42 Å². The van der Waals surface area contributed by atoms with Crippen LogP contribution in [-0.4, -0.2) is 4.98 Å². The Morgan fingerprint density at radius 2 is 2.09 bits per heavy atom. The molecule has 11 heavy (non-hydrogen) atoms. The van der Waals surface area contributed by atoms with Crippen molar-refractivity contribution in [3.63, 3.8) is 0 Å². The summed E-state index contributed by atoms with van der Waals surface area (Å²) in [6.07, 6.45) is 1.08. The van der Waals surface area contributed by atoms with Crippen molar-refractivity contribution in [1.82, 2.24) is 4.98 Å². The lowest BCUT2D eigenvalue weighted by Gasteiger charge is -2.00. The van der Waals surface area contributed by atoms with Gasteiger partial charge in [-0.3, -0.25) is 0 Å². The molecule has 0 N–H and O–H groups in total. The highest BCUT2D eigenvalue weighted by atomic mass is 16.4. The van der Waals surface area contributed by atoms with Crippen LogP contribution in [0.3, 0.4) is 0 Å². The van der Waals surface area contributed by atoms with Gasteiger partial charge in [0.15, 0.2) is 5.89 Å². The van der Waals surface area contributed by atoms with E-state index < -0.39 is 0 Å². The lowest BCUT2D eigenvalue weighted by atomic mass is 10.1. The molecule has 0 aromatic carbocycles. The molecule has 0 fully saturated rings. The predicted molar refractivity (Wildman–Crippen MR) is 44.7 cm³/mol. The summed E-state index contributed by atoms with van der Waals surface area (Å²) in [5.74, 6) is 2.27. The van der Waals surface area contributed by atoms with Gasteiger partial charge in [-0.25, -0.2) is 4.98 Å². The summed E-state index contributed by atoms with van der Waals surface area (Å²) in [6.45, 7) is 8.20. The van der Waals surface area contributed by atoms with Crippen LogP contribution in [0.5, 0.6) is 0 Å². The molecule has 0 amide bonds. The van der Waals surface area contributed by atoms with E-state index in [0.29, 0.717) is 5.92 Å². The lowest BCUT2D eigenvalue weighted by molar-refractivity contribution is 0.434. The largest absolute Gasteiger partial charge is 0.445 e. The van der Waals surface area contributed by atoms with Crippen molar-refractivity contribution >= 4 is 0 Å². The van der Waals surface area contributed by atoms with Gasteiger partial charge in [-0.1, -0.05) is 13.8 Å². The van der Waals surface area contributed by atoms with Crippen LogP contribution in [0.4, 0.5) is 0 Å². The van der Waals surface area contributed by atoms with Gasteiger partial charge in [0, 0.05) is 5.92 Å². The van der Waals surface area contributed by atoms with E-state index in [1.165, 1.54) is 0 Å². The first-order valence-corrected chi connectivity index (χ1v) is 4.09.